The van der Waals surface area contributed by atoms with E-state index >= 15 is 0 Å². The molecule has 1 saturated carbocycles. The van der Waals surface area contributed by atoms with Crippen molar-refractivity contribution in [2.24, 2.45) is 7.05 Å². The molecular weight excluding hydrogens is 268 g/mol. The van der Waals surface area contributed by atoms with Gasteiger partial charge in [-0.25, -0.2) is 0 Å². The number of rotatable bonds is 3. The first kappa shape index (κ1) is 13.9. The summed E-state index contributed by atoms with van der Waals surface area (Å²) in [5.41, 5.74) is 0.520. The van der Waals surface area contributed by atoms with E-state index in [1.165, 1.54) is 0 Å². The zero-order chi connectivity index (χ0) is 14.8. The van der Waals surface area contributed by atoms with Crippen molar-refractivity contribution in [2.75, 3.05) is 0 Å². The molecule has 2 heterocycles. The lowest BCUT2D eigenvalue weighted by atomic mass is 9.92. The molecule has 2 atom stereocenters. The number of hydrogen-bond acceptors (Lipinski definition) is 3. The van der Waals surface area contributed by atoms with Crippen LogP contribution in [-0.4, -0.2) is 37.5 Å². The molecule has 0 radical (unpaired) electrons. The first-order valence-corrected chi connectivity index (χ1v) is 7.31. The number of carbonyl (C=O) groups excluding carboxylic acids is 1. The smallest absolute Gasteiger partial charge is 0.257 e. The topological polar surface area (TPSA) is 72.1 Å². The molecule has 112 valence electrons. The molecule has 0 unspecified atom stereocenters. The molecule has 2 N–H and O–H groups in total. The Morgan fingerprint density at radius 1 is 1.33 bits per heavy atom. The van der Waals surface area contributed by atoms with Crippen LogP contribution in [0.1, 0.15) is 36.0 Å². The van der Waals surface area contributed by atoms with E-state index in [2.05, 4.69) is 10.4 Å². The van der Waals surface area contributed by atoms with Gasteiger partial charge in [0.25, 0.3) is 5.91 Å². The van der Waals surface area contributed by atoms with Gasteiger partial charge in [-0.15, -0.1) is 0 Å². The van der Waals surface area contributed by atoms with E-state index in [-0.39, 0.29) is 11.9 Å². The Labute approximate surface area is 123 Å². The van der Waals surface area contributed by atoms with E-state index in [0.717, 1.165) is 31.5 Å². The van der Waals surface area contributed by atoms with Gasteiger partial charge in [0.15, 0.2) is 0 Å². The van der Waals surface area contributed by atoms with Crippen molar-refractivity contribution < 1.29 is 9.90 Å². The number of aliphatic hydroxyl groups is 1. The number of hydrogen-bond donors (Lipinski definition) is 2. The Bertz CT molecular complexity index is 618. The average Bonchev–Trinajstić information content (AvgIpc) is 3.10. The van der Waals surface area contributed by atoms with Crippen molar-refractivity contribution in [3.63, 3.8) is 0 Å². The maximum atomic E-state index is 12.5. The molecule has 0 spiro atoms. The summed E-state index contributed by atoms with van der Waals surface area (Å²) in [6.07, 6.45) is 8.52. The molecule has 0 bridgehead atoms. The molecule has 0 aliphatic heterocycles. The van der Waals surface area contributed by atoms with Crippen LogP contribution >= 0.6 is 0 Å². The largest absolute Gasteiger partial charge is 0.391 e. The van der Waals surface area contributed by atoms with Gasteiger partial charge in [-0.1, -0.05) is 12.8 Å². The van der Waals surface area contributed by atoms with Gasteiger partial charge in [0.1, 0.15) is 11.4 Å². The zero-order valence-electron chi connectivity index (χ0n) is 12.1. The molecule has 2 aromatic heterocycles. The second kappa shape index (κ2) is 5.73. The number of nitrogens with zero attached hydrogens (tertiary/aromatic N) is 3. The molecule has 3 rings (SSSR count). The Kier molecular flexibility index (Phi) is 3.79. The molecule has 0 aromatic carbocycles. The van der Waals surface area contributed by atoms with Gasteiger partial charge in [-0.3, -0.25) is 9.48 Å². The highest BCUT2D eigenvalue weighted by molar-refractivity contribution is 5.97. The lowest BCUT2D eigenvalue weighted by Gasteiger charge is -2.28. The maximum Gasteiger partial charge on any atom is 0.257 e. The molecular formula is C15H20N4O2. The lowest BCUT2D eigenvalue weighted by molar-refractivity contribution is 0.0717. The van der Waals surface area contributed by atoms with E-state index in [1.807, 2.05) is 36.1 Å². The van der Waals surface area contributed by atoms with Gasteiger partial charge >= 0.3 is 0 Å². The van der Waals surface area contributed by atoms with Crippen molar-refractivity contribution in [1.82, 2.24) is 19.7 Å². The summed E-state index contributed by atoms with van der Waals surface area (Å²) in [4.78, 5) is 12.5. The number of aliphatic hydroxyl groups excluding tert-OH is 1. The van der Waals surface area contributed by atoms with Crippen molar-refractivity contribution in [3.8, 4) is 5.82 Å². The monoisotopic (exact) mass is 288 g/mol. The van der Waals surface area contributed by atoms with Crippen LogP contribution in [-0.2, 0) is 7.05 Å². The number of nitrogens with one attached hydrogen (secondary N) is 1. The van der Waals surface area contributed by atoms with Gasteiger partial charge in [0.2, 0.25) is 0 Å². The highest BCUT2D eigenvalue weighted by Gasteiger charge is 2.26. The highest BCUT2D eigenvalue weighted by Crippen LogP contribution is 2.20. The molecule has 6 heteroatoms. The standard InChI is InChI=1S/C15H20N4O2/c1-18-15(19-8-4-5-9-19)11(10-16-18)14(21)17-12-6-2-3-7-13(12)20/h4-5,8-10,12-13,20H,2-3,6-7H2,1H3,(H,17,21)/t12-,13-/m1/s1. The minimum Gasteiger partial charge on any atom is -0.391 e. The maximum absolute atomic E-state index is 12.5. The number of carbonyl (C=O) groups is 1. The molecule has 2 aromatic rings. The van der Waals surface area contributed by atoms with Crippen molar-refractivity contribution in [2.45, 2.75) is 37.8 Å². The number of amides is 1. The predicted octanol–water partition coefficient (Wildman–Crippen LogP) is 1.24. The summed E-state index contributed by atoms with van der Waals surface area (Å²) in [7, 11) is 1.81. The van der Waals surface area contributed by atoms with Gasteiger partial charge < -0.3 is 15.0 Å². The second-order valence-corrected chi connectivity index (χ2v) is 5.53. The van der Waals surface area contributed by atoms with Crippen LogP contribution < -0.4 is 5.32 Å². The van der Waals surface area contributed by atoms with Gasteiger partial charge in [0, 0.05) is 19.4 Å². The summed E-state index contributed by atoms with van der Waals surface area (Å²) >= 11 is 0. The van der Waals surface area contributed by atoms with Crippen molar-refractivity contribution >= 4 is 5.91 Å². The Morgan fingerprint density at radius 2 is 2.05 bits per heavy atom. The second-order valence-electron chi connectivity index (χ2n) is 5.53. The third-order valence-electron chi connectivity index (χ3n) is 4.05. The first-order chi connectivity index (χ1) is 10.2. The molecule has 1 aliphatic rings. The Morgan fingerprint density at radius 3 is 2.76 bits per heavy atom. The van der Waals surface area contributed by atoms with Gasteiger partial charge in [-0.05, 0) is 25.0 Å². The molecule has 0 saturated heterocycles. The van der Waals surface area contributed by atoms with Gasteiger partial charge in [0.05, 0.1) is 18.3 Å². The summed E-state index contributed by atoms with van der Waals surface area (Å²) < 4.78 is 3.53. The fourth-order valence-corrected chi connectivity index (χ4v) is 2.90. The van der Waals surface area contributed by atoms with Crippen molar-refractivity contribution in [3.05, 3.63) is 36.3 Å². The molecule has 1 aliphatic carbocycles. The average molecular weight is 288 g/mol. The van der Waals surface area contributed by atoms with E-state index < -0.39 is 6.10 Å². The van der Waals surface area contributed by atoms with E-state index in [9.17, 15) is 9.90 Å². The third-order valence-corrected chi connectivity index (χ3v) is 4.05. The van der Waals surface area contributed by atoms with E-state index in [1.54, 1.807) is 10.9 Å². The third kappa shape index (κ3) is 2.71. The minimum absolute atomic E-state index is 0.163. The van der Waals surface area contributed by atoms with E-state index in [0.29, 0.717) is 5.56 Å². The summed E-state index contributed by atoms with van der Waals surface area (Å²) in [6, 6.07) is 3.64. The quantitative estimate of drug-likeness (QED) is 0.892. The minimum atomic E-state index is -0.450. The van der Waals surface area contributed by atoms with Crippen LogP contribution in [0.3, 0.4) is 0 Å². The number of aromatic nitrogens is 3. The Hall–Kier alpha value is -2.08. The van der Waals surface area contributed by atoms with Crippen LogP contribution in [0.2, 0.25) is 0 Å². The summed E-state index contributed by atoms with van der Waals surface area (Å²) in [5.74, 6) is 0.542. The molecule has 1 fully saturated rings. The first-order valence-electron chi connectivity index (χ1n) is 7.31. The normalized spacial score (nSPS) is 22.2. The summed E-state index contributed by atoms with van der Waals surface area (Å²) in [6.45, 7) is 0. The summed E-state index contributed by atoms with van der Waals surface area (Å²) in [5, 5.41) is 17.1. The van der Waals surface area contributed by atoms with Crippen LogP contribution in [0.15, 0.2) is 30.7 Å². The predicted molar refractivity (Wildman–Crippen MR) is 78.3 cm³/mol. The molecule has 21 heavy (non-hydrogen) atoms. The Balaban J connectivity index is 1.82. The van der Waals surface area contributed by atoms with Crippen LogP contribution in [0.25, 0.3) is 5.82 Å². The zero-order valence-corrected chi connectivity index (χ0v) is 12.1. The van der Waals surface area contributed by atoms with E-state index in [4.69, 9.17) is 0 Å². The van der Waals surface area contributed by atoms with Crippen molar-refractivity contribution in [1.29, 1.82) is 0 Å². The fourth-order valence-electron chi connectivity index (χ4n) is 2.90. The van der Waals surface area contributed by atoms with Crippen LogP contribution in [0.5, 0.6) is 0 Å². The van der Waals surface area contributed by atoms with Gasteiger partial charge in [-0.2, -0.15) is 5.10 Å². The SMILES string of the molecule is Cn1ncc(C(=O)N[C@@H]2CCCC[C@H]2O)c1-n1cccc1. The molecule has 1 amide bonds. The molecule has 6 nitrogen and oxygen atoms in total. The van der Waals surface area contributed by atoms with Crippen LogP contribution in [0, 0.1) is 0 Å². The lowest BCUT2D eigenvalue weighted by Crippen LogP contribution is -2.45. The number of aryl methyl sites for hydroxylation is 1. The van der Waals surface area contributed by atoms with Crippen LogP contribution in [0.4, 0.5) is 0 Å². The highest BCUT2D eigenvalue weighted by atomic mass is 16.3. The fraction of sp³-hybridized carbons (Fsp3) is 0.467.